The molecule has 1 nitrogen and oxygen atoms in total. The monoisotopic (exact) mass is 310 g/mol. The predicted molar refractivity (Wildman–Crippen MR) is 63.9 cm³/mol. The summed E-state index contributed by atoms with van der Waals surface area (Å²) < 4.78 is 19.0. The van der Waals surface area contributed by atoms with E-state index in [9.17, 15) is 4.39 Å². The van der Waals surface area contributed by atoms with Gasteiger partial charge in [-0.25, -0.2) is 4.39 Å². The van der Waals surface area contributed by atoms with Crippen molar-refractivity contribution in [1.82, 2.24) is 0 Å². The molecule has 1 aromatic heterocycles. The lowest BCUT2D eigenvalue weighted by Gasteiger charge is -2.22. The van der Waals surface area contributed by atoms with Gasteiger partial charge in [-0.3, -0.25) is 0 Å². The van der Waals surface area contributed by atoms with E-state index in [4.69, 9.17) is 4.42 Å². The molecule has 0 aromatic carbocycles. The Labute approximate surface area is 98.2 Å². The SMILES string of the molecule is CCCCC(C)(C)c1occ(F)c1I. The summed E-state index contributed by atoms with van der Waals surface area (Å²) in [5.41, 5.74) is -0.0587. The second kappa shape index (κ2) is 4.64. The van der Waals surface area contributed by atoms with Crippen LogP contribution in [0.1, 0.15) is 45.8 Å². The number of rotatable bonds is 4. The maximum Gasteiger partial charge on any atom is 0.174 e. The molecule has 0 unspecified atom stereocenters. The standard InChI is InChI=1S/C11H16FIO/c1-4-5-6-11(2,3)10-9(13)8(12)7-14-10/h7H,4-6H2,1-3H3. The first-order chi connectivity index (χ1) is 6.49. The van der Waals surface area contributed by atoms with Gasteiger partial charge in [0.05, 0.1) is 3.57 Å². The van der Waals surface area contributed by atoms with Crippen LogP contribution >= 0.6 is 22.6 Å². The Morgan fingerprint density at radius 2 is 2.14 bits per heavy atom. The lowest BCUT2D eigenvalue weighted by molar-refractivity contribution is 0.352. The minimum atomic E-state index is -0.245. The summed E-state index contributed by atoms with van der Waals surface area (Å²) >= 11 is 2.01. The maximum absolute atomic E-state index is 13.1. The van der Waals surface area contributed by atoms with Crippen molar-refractivity contribution in [3.63, 3.8) is 0 Å². The second-order valence-corrected chi connectivity index (χ2v) is 5.29. The Balaban J connectivity index is 2.86. The van der Waals surface area contributed by atoms with Crippen LogP contribution in [-0.2, 0) is 5.41 Å². The van der Waals surface area contributed by atoms with Crippen molar-refractivity contribution in [2.75, 3.05) is 0 Å². The molecule has 0 radical (unpaired) electrons. The molecule has 0 N–H and O–H groups in total. The van der Waals surface area contributed by atoms with Crippen LogP contribution in [-0.4, -0.2) is 0 Å². The van der Waals surface area contributed by atoms with Crippen LogP contribution in [0, 0.1) is 9.39 Å². The summed E-state index contributed by atoms with van der Waals surface area (Å²) in [4.78, 5) is 0. The van der Waals surface area contributed by atoms with Gasteiger partial charge in [-0.15, -0.1) is 0 Å². The van der Waals surface area contributed by atoms with Crippen LogP contribution in [0.25, 0.3) is 0 Å². The Bertz CT molecular complexity index is 304. The molecule has 0 aliphatic carbocycles. The molecule has 14 heavy (non-hydrogen) atoms. The topological polar surface area (TPSA) is 13.1 Å². The lowest BCUT2D eigenvalue weighted by atomic mass is 9.85. The molecular formula is C11H16FIO. The summed E-state index contributed by atoms with van der Waals surface area (Å²) in [7, 11) is 0. The molecule has 80 valence electrons. The summed E-state index contributed by atoms with van der Waals surface area (Å²) in [5, 5.41) is 0. The number of halogens is 2. The Morgan fingerprint density at radius 1 is 1.50 bits per heavy atom. The summed E-state index contributed by atoms with van der Waals surface area (Å²) in [5.74, 6) is 0.536. The minimum absolute atomic E-state index is 0.0587. The molecule has 0 bridgehead atoms. The van der Waals surface area contributed by atoms with Crippen LogP contribution in [0.15, 0.2) is 10.7 Å². The van der Waals surface area contributed by atoms with Crippen molar-refractivity contribution in [2.45, 2.75) is 45.4 Å². The average Bonchev–Trinajstić information content (AvgIpc) is 2.45. The highest BCUT2D eigenvalue weighted by atomic mass is 127. The summed E-state index contributed by atoms with van der Waals surface area (Å²) in [6, 6.07) is 0. The number of hydrogen-bond acceptors (Lipinski definition) is 1. The zero-order valence-electron chi connectivity index (χ0n) is 8.86. The van der Waals surface area contributed by atoms with E-state index in [2.05, 4.69) is 20.8 Å². The van der Waals surface area contributed by atoms with Crippen molar-refractivity contribution in [3.05, 3.63) is 21.4 Å². The van der Waals surface area contributed by atoms with E-state index in [-0.39, 0.29) is 11.2 Å². The zero-order valence-corrected chi connectivity index (χ0v) is 11.0. The van der Waals surface area contributed by atoms with Crippen molar-refractivity contribution >= 4 is 22.6 Å². The lowest BCUT2D eigenvalue weighted by Crippen LogP contribution is -2.17. The Kier molecular flexibility index (Phi) is 3.98. The Hall–Kier alpha value is -0.0600. The van der Waals surface area contributed by atoms with Crippen LogP contribution in [0.3, 0.4) is 0 Å². The highest BCUT2D eigenvalue weighted by molar-refractivity contribution is 14.1. The average molecular weight is 310 g/mol. The van der Waals surface area contributed by atoms with E-state index < -0.39 is 0 Å². The normalized spacial score (nSPS) is 12.1. The first kappa shape index (κ1) is 12.0. The van der Waals surface area contributed by atoms with Gasteiger partial charge in [0.1, 0.15) is 12.0 Å². The van der Waals surface area contributed by atoms with E-state index in [1.165, 1.54) is 6.26 Å². The molecule has 3 heteroatoms. The van der Waals surface area contributed by atoms with Gasteiger partial charge >= 0.3 is 0 Å². The van der Waals surface area contributed by atoms with Gasteiger partial charge in [0, 0.05) is 5.41 Å². The van der Waals surface area contributed by atoms with E-state index in [1.54, 1.807) is 0 Å². The van der Waals surface area contributed by atoms with E-state index in [1.807, 2.05) is 22.6 Å². The fourth-order valence-electron chi connectivity index (χ4n) is 1.51. The van der Waals surface area contributed by atoms with Crippen molar-refractivity contribution in [1.29, 1.82) is 0 Å². The fraction of sp³-hybridized carbons (Fsp3) is 0.636. The largest absolute Gasteiger partial charge is 0.464 e. The third-order valence-electron chi connectivity index (χ3n) is 2.46. The molecule has 0 aliphatic rings. The van der Waals surface area contributed by atoms with E-state index in [0.29, 0.717) is 3.57 Å². The smallest absolute Gasteiger partial charge is 0.174 e. The quantitative estimate of drug-likeness (QED) is 0.747. The van der Waals surface area contributed by atoms with E-state index >= 15 is 0 Å². The van der Waals surface area contributed by atoms with E-state index in [0.717, 1.165) is 25.0 Å². The molecule has 0 amide bonds. The zero-order chi connectivity index (χ0) is 10.8. The van der Waals surface area contributed by atoms with Gasteiger partial charge in [0.15, 0.2) is 5.82 Å². The first-order valence-electron chi connectivity index (χ1n) is 4.92. The molecule has 0 atom stereocenters. The van der Waals surface area contributed by atoms with Gasteiger partial charge in [-0.05, 0) is 29.0 Å². The molecule has 0 fully saturated rings. The molecular weight excluding hydrogens is 294 g/mol. The molecule has 1 heterocycles. The predicted octanol–water partition coefficient (Wildman–Crippen LogP) is 4.49. The number of furan rings is 1. The van der Waals surface area contributed by atoms with Gasteiger partial charge < -0.3 is 4.42 Å². The van der Waals surface area contributed by atoms with Crippen LogP contribution in [0.5, 0.6) is 0 Å². The highest BCUT2D eigenvalue weighted by Gasteiger charge is 2.27. The Morgan fingerprint density at radius 3 is 2.57 bits per heavy atom. The third-order valence-corrected chi connectivity index (χ3v) is 3.46. The maximum atomic E-state index is 13.1. The van der Waals surface area contributed by atoms with Gasteiger partial charge in [-0.2, -0.15) is 0 Å². The van der Waals surface area contributed by atoms with Crippen molar-refractivity contribution in [3.8, 4) is 0 Å². The summed E-state index contributed by atoms with van der Waals surface area (Å²) in [6.45, 7) is 6.36. The number of unbranched alkanes of at least 4 members (excludes halogenated alkanes) is 1. The molecule has 0 spiro atoms. The molecule has 0 aliphatic heterocycles. The highest BCUT2D eigenvalue weighted by Crippen LogP contribution is 2.34. The van der Waals surface area contributed by atoms with Crippen molar-refractivity contribution in [2.24, 2.45) is 0 Å². The van der Waals surface area contributed by atoms with Gasteiger partial charge in [0.2, 0.25) is 0 Å². The van der Waals surface area contributed by atoms with Crippen molar-refractivity contribution < 1.29 is 8.81 Å². The first-order valence-corrected chi connectivity index (χ1v) is 6.00. The number of hydrogen-bond donors (Lipinski definition) is 0. The molecule has 0 saturated carbocycles. The third kappa shape index (κ3) is 2.49. The van der Waals surface area contributed by atoms with Gasteiger partial charge in [0.25, 0.3) is 0 Å². The second-order valence-electron chi connectivity index (χ2n) is 4.21. The van der Waals surface area contributed by atoms with Crippen LogP contribution in [0.2, 0.25) is 0 Å². The molecule has 0 saturated heterocycles. The van der Waals surface area contributed by atoms with Gasteiger partial charge in [-0.1, -0.05) is 33.6 Å². The van der Waals surface area contributed by atoms with Crippen LogP contribution in [0.4, 0.5) is 4.39 Å². The molecule has 1 rings (SSSR count). The fourth-order valence-corrected chi connectivity index (χ4v) is 2.50. The molecule has 1 aromatic rings. The summed E-state index contributed by atoms with van der Waals surface area (Å²) in [6.07, 6.45) is 4.53. The minimum Gasteiger partial charge on any atom is -0.464 e. The van der Waals surface area contributed by atoms with Crippen LogP contribution < -0.4 is 0 Å².